The number of nitriles is 1. The largest absolute Gasteiger partial charge is 0.306 e. The first kappa shape index (κ1) is 14.3. The van der Waals surface area contributed by atoms with Gasteiger partial charge in [-0.3, -0.25) is 0 Å². The zero-order chi connectivity index (χ0) is 14.8. The van der Waals surface area contributed by atoms with Gasteiger partial charge in [-0.15, -0.1) is 0 Å². The van der Waals surface area contributed by atoms with Crippen molar-refractivity contribution in [1.29, 1.82) is 5.26 Å². The number of nitrogens with zero attached hydrogens (tertiary/aromatic N) is 3. The lowest BCUT2D eigenvalue weighted by atomic mass is 10.1. The summed E-state index contributed by atoms with van der Waals surface area (Å²) in [6, 6.07) is 7.89. The molecule has 0 atom stereocenters. The van der Waals surface area contributed by atoms with Gasteiger partial charge in [-0.1, -0.05) is 6.07 Å². The second kappa shape index (κ2) is 5.48. The molecule has 0 aliphatic rings. The van der Waals surface area contributed by atoms with Gasteiger partial charge in [-0.25, -0.2) is 4.98 Å². The quantitative estimate of drug-likeness (QED) is 0.931. The average Bonchev–Trinajstić information content (AvgIpc) is 2.84. The molecule has 4 nitrogen and oxygen atoms in total. The molecule has 0 fully saturated rings. The Hall–Kier alpha value is -2.12. The Balaban J connectivity index is 2.35. The Morgan fingerprint density at radius 3 is 2.75 bits per heavy atom. The summed E-state index contributed by atoms with van der Waals surface area (Å²) in [4.78, 5) is 4.24. The summed E-state index contributed by atoms with van der Waals surface area (Å²) < 4.78 is 2.04. The molecule has 2 aromatic rings. The van der Waals surface area contributed by atoms with Crippen LogP contribution in [-0.2, 0) is 6.54 Å². The van der Waals surface area contributed by atoms with Crippen molar-refractivity contribution >= 4 is 0 Å². The lowest BCUT2D eigenvalue weighted by molar-refractivity contribution is 0.419. The molecular formula is C16H20N4. The molecule has 2 rings (SSSR count). The molecule has 0 aliphatic heterocycles. The fourth-order valence-electron chi connectivity index (χ4n) is 1.96. The minimum atomic E-state index is 0.0542. The highest BCUT2D eigenvalue weighted by atomic mass is 15.1. The van der Waals surface area contributed by atoms with Crippen molar-refractivity contribution in [2.75, 3.05) is 0 Å². The van der Waals surface area contributed by atoms with E-state index in [-0.39, 0.29) is 5.54 Å². The van der Waals surface area contributed by atoms with Gasteiger partial charge in [0, 0.05) is 18.3 Å². The van der Waals surface area contributed by atoms with E-state index in [1.165, 1.54) is 0 Å². The molecule has 0 saturated heterocycles. The molecule has 104 valence electrons. The molecule has 0 saturated carbocycles. The molecule has 20 heavy (non-hydrogen) atoms. The van der Waals surface area contributed by atoms with Crippen LogP contribution in [0.1, 0.15) is 37.6 Å². The monoisotopic (exact) mass is 268 g/mol. The van der Waals surface area contributed by atoms with E-state index in [0.717, 1.165) is 23.5 Å². The first-order valence-corrected chi connectivity index (χ1v) is 6.68. The molecule has 1 N–H and O–H groups in total. The molecule has 0 aliphatic carbocycles. The van der Waals surface area contributed by atoms with E-state index in [4.69, 9.17) is 5.26 Å². The van der Waals surface area contributed by atoms with Crippen LogP contribution in [0.25, 0.3) is 5.69 Å². The van der Waals surface area contributed by atoms with Gasteiger partial charge in [0.05, 0.1) is 29.3 Å². The van der Waals surface area contributed by atoms with Crippen LogP contribution in [0.15, 0.2) is 30.7 Å². The average molecular weight is 268 g/mol. The summed E-state index contributed by atoms with van der Waals surface area (Å²) in [7, 11) is 0. The number of imidazole rings is 1. The van der Waals surface area contributed by atoms with Crippen molar-refractivity contribution < 1.29 is 0 Å². The SMILES string of the molecule is Cc1ccc(C#N)cc1-n1cncc1CNC(C)(C)C. The lowest BCUT2D eigenvalue weighted by Crippen LogP contribution is -2.35. The van der Waals surface area contributed by atoms with E-state index in [0.29, 0.717) is 5.56 Å². The maximum Gasteiger partial charge on any atom is 0.0994 e. The Morgan fingerprint density at radius 2 is 2.10 bits per heavy atom. The topological polar surface area (TPSA) is 53.6 Å². The van der Waals surface area contributed by atoms with Crippen molar-refractivity contribution in [3.8, 4) is 11.8 Å². The number of rotatable bonds is 3. The Kier molecular flexibility index (Phi) is 3.91. The predicted octanol–water partition coefficient (Wildman–Crippen LogP) is 2.94. The molecule has 0 radical (unpaired) electrons. The third-order valence-corrected chi connectivity index (χ3v) is 3.11. The molecule has 0 amide bonds. The lowest BCUT2D eigenvalue weighted by Gasteiger charge is -2.21. The molecule has 4 heteroatoms. The maximum absolute atomic E-state index is 9.04. The fraction of sp³-hybridized carbons (Fsp3) is 0.375. The van der Waals surface area contributed by atoms with Crippen molar-refractivity contribution in [2.45, 2.75) is 39.8 Å². The number of aryl methyl sites for hydroxylation is 1. The summed E-state index contributed by atoms with van der Waals surface area (Å²) in [5.74, 6) is 0. The zero-order valence-corrected chi connectivity index (χ0v) is 12.4. The summed E-state index contributed by atoms with van der Waals surface area (Å²) >= 11 is 0. The van der Waals surface area contributed by atoms with E-state index >= 15 is 0 Å². The number of hydrogen-bond donors (Lipinski definition) is 1. The Morgan fingerprint density at radius 1 is 1.35 bits per heavy atom. The Bertz CT molecular complexity index is 641. The van der Waals surface area contributed by atoms with E-state index in [1.54, 1.807) is 6.33 Å². The highest BCUT2D eigenvalue weighted by Gasteiger charge is 2.12. The summed E-state index contributed by atoms with van der Waals surface area (Å²) in [6.07, 6.45) is 3.65. The minimum absolute atomic E-state index is 0.0542. The summed E-state index contributed by atoms with van der Waals surface area (Å²) in [5.41, 5.74) is 3.93. The molecular weight excluding hydrogens is 248 g/mol. The van der Waals surface area contributed by atoms with Gasteiger partial charge >= 0.3 is 0 Å². The van der Waals surface area contributed by atoms with Crippen molar-refractivity contribution in [2.24, 2.45) is 0 Å². The minimum Gasteiger partial charge on any atom is -0.306 e. The molecule has 1 aromatic carbocycles. The zero-order valence-electron chi connectivity index (χ0n) is 12.4. The Labute approximate surface area is 120 Å². The third kappa shape index (κ3) is 3.25. The summed E-state index contributed by atoms with van der Waals surface area (Å²) in [6.45, 7) is 9.18. The van der Waals surface area contributed by atoms with Crippen LogP contribution in [0.5, 0.6) is 0 Å². The molecule has 1 aromatic heterocycles. The highest BCUT2D eigenvalue weighted by molar-refractivity contribution is 5.47. The van der Waals surface area contributed by atoms with Crippen LogP contribution in [0, 0.1) is 18.3 Å². The van der Waals surface area contributed by atoms with Crippen molar-refractivity contribution in [3.63, 3.8) is 0 Å². The normalized spacial score (nSPS) is 11.3. The standard InChI is InChI=1S/C16H20N4/c1-12-5-6-13(8-17)7-15(12)20-11-18-9-14(20)10-19-16(2,3)4/h5-7,9,11,19H,10H2,1-4H3. The van der Waals surface area contributed by atoms with Gasteiger partial charge in [0.15, 0.2) is 0 Å². The molecule has 1 heterocycles. The number of benzene rings is 1. The van der Waals surface area contributed by atoms with Gasteiger partial charge in [0.1, 0.15) is 0 Å². The number of hydrogen-bond acceptors (Lipinski definition) is 3. The van der Waals surface area contributed by atoms with Gasteiger partial charge in [-0.2, -0.15) is 5.26 Å². The molecule has 0 bridgehead atoms. The summed E-state index contributed by atoms with van der Waals surface area (Å²) in [5, 5.41) is 12.5. The second-order valence-corrected chi connectivity index (χ2v) is 5.97. The van der Waals surface area contributed by atoms with Gasteiger partial charge in [0.25, 0.3) is 0 Å². The van der Waals surface area contributed by atoms with Crippen LogP contribution in [-0.4, -0.2) is 15.1 Å². The van der Waals surface area contributed by atoms with E-state index in [1.807, 2.05) is 35.9 Å². The highest BCUT2D eigenvalue weighted by Crippen LogP contribution is 2.18. The third-order valence-electron chi connectivity index (χ3n) is 3.11. The van der Waals surface area contributed by atoms with E-state index < -0.39 is 0 Å². The van der Waals surface area contributed by atoms with Gasteiger partial charge in [-0.05, 0) is 45.4 Å². The first-order chi connectivity index (χ1) is 9.40. The fourth-order valence-corrected chi connectivity index (χ4v) is 1.96. The number of nitrogens with one attached hydrogen (secondary N) is 1. The second-order valence-electron chi connectivity index (χ2n) is 5.97. The molecule has 0 spiro atoms. The predicted molar refractivity (Wildman–Crippen MR) is 79.6 cm³/mol. The smallest absolute Gasteiger partial charge is 0.0994 e. The van der Waals surface area contributed by atoms with E-state index in [2.05, 4.69) is 37.1 Å². The van der Waals surface area contributed by atoms with Crippen LogP contribution < -0.4 is 5.32 Å². The van der Waals surface area contributed by atoms with Crippen molar-refractivity contribution in [3.05, 3.63) is 47.5 Å². The van der Waals surface area contributed by atoms with Gasteiger partial charge < -0.3 is 9.88 Å². The van der Waals surface area contributed by atoms with Crippen molar-refractivity contribution in [1.82, 2.24) is 14.9 Å². The van der Waals surface area contributed by atoms with Crippen LogP contribution in [0.2, 0.25) is 0 Å². The van der Waals surface area contributed by atoms with Crippen LogP contribution >= 0.6 is 0 Å². The maximum atomic E-state index is 9.04. The van der Waals surface area contributed by atoms with Gasteiger partial charge in [0.2, 0.25) is 0 Å². The molecule has 0 unspecified atom stereocenters. The number of aromatic nitrogens is 2. The van der Waals surface area contributed by atoms with E-state index in [9.17, 15) is 0 Å². The van der Waals surface area contributed by atoms with Crippen LogP contribution in [0.4, 0.5) is 0 Å². The first-order valence-electron chi connectivity index (χ1n) is 6.68. The van der Waals surface area contributed by atoms with Crippen LogP contribution in [0.3, 0.4) is 0 Å².